The number of nitrogens with one attached hydrogen (secondary N) is 2. The highest BCUT2D eigenvalue weighted by Gasteiger charge is 2.30. The molecule has 0 spiro atoms. The molecule has 1 aliphatic heterocycles. The maximum Gasteiger partial charge on any atom is 0.253 e. The minimum Gasteiger partial charge on any atom is -0.329 e. The van der Waals surface area contributed by atoms with Gasteiger partial charge in [-0.25, -0.2) is 5.01 Å². The van der Waals surface area contributed by atoms with Crippen molar-refractivity contribution in [1.82, 2.24) is 19.7 Å². The normalized spacial score (nSPS) is 12.6. The average Bonchev–Trinajstić information content (AvgIpc) is 3.27. The molecule has 34 heavy (non-hydrogen) atoms. The Kier molecular flexibility index (Phi) is 5.37. The van der Waals surface area contributed by atoms with E-state index in [1.54, 1.807) is 34.7 Å². The minimum absolute atomic E-state index is 0.126. The predicted molar refractivity (Wildman–Crippen MR) is 133 cm³/mol. The molecule has 0 bridgehead atoms. The molecule has 3 aromatic heterocycles. The maximum absolute atomic E-state index is 12.4. The van der Waals surface area contributed by atoms with E-state index in [9.17, 15) is 9.59 Å². The van der Waals surface area contributed by atoms with E-state index in [0.29, 0.717) is 17.2 Å². The number of anilines is 2. The number of aromatic nitrogens is 4. The van der Waals surface area contributed by atoms with E-state index in [1.807, 2.05) is 35.8 Å². The van der Waals surface area contributed by atoms with Crippen LogP contribution in [0, 0.1) is 20.8 Å². The van der Waals surface area contributed by atoms with Crippen LogP contribution >= 0.6 is 11.3 Å². The molecule has 9 nitrogen and oxygen atoms in total. The number of hydrogen-bond acceptors (Lipinski definition) is 7. The number of thiophene rings is 1. The number of amides is 1. The summed E-state index contributed by atoms with van der Waals surface area (Å²) in [7, 11) is 0. The van der Waals surface area contributed by atoms with Crippen LogP contribution in [-0.2, 0) is 11.3 Å². The number of carbonyl (C=O) groups excluding carboxylic acids is 1. The molecule has 0 radical (unpaired) electrons. The molecule has 0 atom stereocenters. The fraction of sp³-hybridized carbons (Fsp3) is 0.208. The fourth-order valence-corrected chi connectivity index (χ4v) is 5.18. The van der Waals surface area contributed by atoms with Gasteiger partial charge in [0.05, 0.1) is 6.54 Å². The van der Waals surface area contributed by atoms with Crippen LogP contribution in [-0.4, -0.2) is 31.4 Å². The lowest BCUT2D eigenvalue weighted by Gasteiger charge is -2.17. The topological polar surface area (TPSA) is 108 Å². The van der Waals surface area contributed by atoms with Gasteiger partial charge in [-0.05, 0) is 44.5 Å². The number of H-pyrrole nitrogens is 1. The number of pyridine rings is 1. The Morgan fingerprint density at radius 3 is 2.59 bits per heavy atom. The lowest BCUT2D eigenvalue weighted by Crippen LogP contribution is -2.25. The predicted octanol–water partition coefficient (Wildman–Crippen LogP) is 3.67. The van der Waals surface area contributed by atoms with Gasteiger partial charge in [0.15, 0.2) is 0 Å². The molecule has 5 rings (SSSR count). The Balaban J connectivity index is 1.71. The highest BCUT2D eigenvalue weighted by molar-refractivity contribution is 7.15. The largest absolute Gasteiger partial charge is 0.329 e. The van der Waals surface area contributed by atoms with Crippen molar-refractivity contribution in [2.24, 2.45) is 5.10 Å². The number of aromatic amines is 1. The van der Waals surface area contributed by atoms with Crippen LogP contribution in [0.5, 0.6) is 0 Å². The smallest absolute Gasteiger partial charge is 0.253 e. The summed E-state index contributed by atoms with van der Waals surface area (Å²) in [5, 5.41) is 19.3. The zero-order chi connectivity index (χ0) is 24.0. The lowest BCUT2D eigenvalue weighted by molar-refractivity contribution is -0.114. The van der Waals surface area contributed by atoms with Crippen molar-refractivity contribution >= 4 is 34.6 Å². The van der Waals surface area contributed by atoms with Crippen LogP contribution in [0.3, 0.4) is 0 Å². The minimum atomic E-state index is -0.173. The van der Waals surface area contributed by atoms with E-state index in [2.05, 4.69) is 34.3 Å². The Morgan fingerprint density at radius 2 is 1.88 bits per heavy atom. The third-order valence-corrected chi connectivity index (χ3v) is 6.96. The van der Waals surface area contributed by atoms with Crippen LogP contribution < -0.4 is 15.9 Å². The summed E-state index contributed by atoms with van der Waals surface area (Å²) in [6.45, 7) is 7.80. The first-order valence-electron chi connectivity index (χ1n) is 10.8. The standard InChI is InChI=1S/C24H23N7O2S/c1-13-14(2)34-23-20(13)21(17-7-9-19(10-8-17)26-16(4)32)29-30(24-28-27-15(3)31(23)24)12-18-6-5-11-25-22(18)33/h5-11H,12H2,1-4H3,(H,25,33)(H,26,32). The van der Waals surface area contributed by atoms with Crippen molar-refractivity contribution in [3.63, 3.8) is 0 Å². The molecule has 1 amide bonds. The van der Waals surface area contributed by atoms with Gasteiger partial charge in [-0.15, -0.1) is 21.5 Å². The third-order valence-electron chi connectivity index (χ3n) is 5.76. The Labute approximate surface area is 199 Å². The van der Waals surface area contributed by atoms with Gasteiger partial charge in [0.2, 0.25) is 5.91 Å². The van der Waals surface area contributed by atoms with E-state index in [-0.39, 0.29) is 18.0 Å². The number of benzene rings is 1. The summed E-state index contributed by atoms with van der Waals surface area (Å²) >= 11 is 1.66. The quantitative estimate of drug-likeness (QED) is 0.470. The maximum atomic E-state index is 12.4. The lowest BCUT2D eigenvalue weighted by atomic mass is 10.00. The Morgan fingerprint density at radius 1 is 1.12 bits per heavy atom. The number of aryl methyl sites for hydroxylation is 2. The summed E-state index contributed by atoms with van der Waals surface area (Å²) < 4.78 is 2.00. The molecular formula is C24H23N7O2S. The van der Waals surface area contributed by atoms with Crippen LogP contribution in [0.2, 0.25) is 0 Å². The highest BCUT2D eigenvalue weighted by Crippen LogP contribution is 2.38. The monoisotopic (exact) mass is 473 g/mol. The van der Waals surface area contributed by atoms with Gasteiger partial charge in [-0.1, -0.05) is 18.2 Å². The molecule has 0 unspecified atom stereocenters. The van der Waals surface area contributed by atoms with Gasteiger partial charge in [0.1, 0.15) is 16.5 Å². The molecule has 0 aliphatic carbocycles. The van der Waals surface area contributed by atoms with Gasteiger partial charge < -0.3 is 10.3 Å². The van der Waals surface area contributed by atoms with Gasteiger partial charge >= 0.3 is 0 Å². The average molecular weight is 474 g/mol. The number of hydrogen-bond donors (Lipinski definition) is 2. The molecule has 0 saturated carbocycles. The van der Waals surface area contributed by atoms with Crippen molar-refractivity contribution in [2.75, 3.05) is 10.3 Å². The molecule has 1 aliphatic rings. The number of carbonyl (C=O) groups is 1. The summed E-state index contributed by atoms with van der Waals surface area (Å²) in [5.74, 6) is 1.16. The highest BCUT2D eigenvalue weighted by atomic mass is 32.1. The van der Waals surface area contributed by atoms with Crippen molar-refractivity contribution in [2.45, 2.75) is 34.2 Å². The Hall–Kier alpha value is -4.05. The molecule has 10 heteroatoms. The van der Waals surface area contributed by atoms with Crippen molar-refractivity contribution in [3.8, 4) is 5.00 Å². The SMILES string of the molecule is CC(=O)Nc1ccc(C2=NN(Cc3ccc[nH]c3=O)c3nnc(C)n3-c3sc(C)c(C)c32)cc1. The Bertz CT molecular complexity index is 1490. The van der Waals surface area contributed by atoms with Crippen LogP contribution in [0.15, 0.2) is 52.5 Å². The summed E-state index contributed by atoms with van der Waals surface area (Å²) in [5.41, 5.74) is 4.89. The van der Waals surface area contributed by atoms with E-state index in [1.165, 1.54) is 11.8 Å². The summed E-state index contributed by atoms with van der Waals surface area (Å²) in [4.78, 5) is 27.8. The second-order valence-corrected chi connectivity index (χ2v) is 9.34. The number of nitrogens with zero attached hydrogens (tertiary/aromatic N) is 5. The van der Waals surface area contributed by atoms with Gasteiger partial charge in [0, 0.05) is 40.4 Å². The molecule has 172 valence electrons. The third kappa shape index (κ3) is 3.71. The van der Waals surface area contributed by atoms with Crippen molar-refractivity contribution in [1.29, 1.82) is 0 Å². The van der Waals surface area contributed by atoms with E-state index < -0.39 is 0 Å². The molecule has 2 N–H and O–H groups in total. The molecule has 0 saturated heterocycles. The molecular weight excluding hydrogens is 450 g/mol. The van der Waals surface area contributed by atoms with E-state index in [0.717, 1.165) is 33.2 Å². The first-order chi connectivity index (χ1) is 16.3. The molecule has 4 aromatic rings. The fourth-order valence-electron chi connectivity index (χ4n) is 3.98. The van der Waals surface area contributed by atoms with Crippen LogP contribution in [0.4, 0.5) is 11.6 Å². The summed E-state index contributed by atoms with van der Waals surface area (Å²) in [6, 6.07) is 11.2. The van der Waals surface area contributed by atoms with E-state index >= 15 is 0 Å². The van der Waals surface area contributed by atoms with Crippen molar-refractivity contribution < 1.29 is 4.79 Å². The van der Waals surface area contributed by atoms with Crippen molar-refractivity contribution in [3.05, 3.63) is 85.9 Å². The van der Waals surface area contributed by atoms with Gasteiger partial charge in [-0.3, -0.25) is 14.2 Å². The second kappa shape index (κ2) is 8.38. The number of rotatable bonds is 4. The first-order valence-corrected chi connectivity index (χ1v) is 11.6. The first kappa shape index (κ1) is 21.8. The van der Waals surface area contributed by atoms with Gasteiger partial charge in [0.25, 0.3) is 11.5 Å². The molecule has 4 heterocycles. The summed E-state index contributed by atoms with van der Waals surface area (Å²) in [6.07, 6.45) is 1.61. The molecule has 1 aromatic carbocycles. The van der Waals surface area contributed by atoms with Crippen LogP contribution in [0.1, 0.15) is 39.9 Å². The van der Waals surface area contributed by atoms with E-state index in [4.69, 9.17) is 5.10 Å². The zero-order valence-electron chi connectivity index (χ0n) is 19.2. The second-order valence-electron chi connectivity index (χ2n) is 8.14. The zero-order valence-corrected chi connectivity index (χ0v) is 20.0. The van der Waals surface area contributed by atoms with Gasteiger partial charge in [-0.2, -0.15) is 5.10 Å². The van der Waals surface area contributed by atoms with Crippen LogP contribution in [0.25, 0.3) is 5.00 Å². The molecule has 0 fully saturated rings. The number of fused-ring (bicyclic) bond motifs is 3. The number of hydrazone groups is 1.